The van der Waals surface area contributed by atoms with Gasteiger partial charge in [0.1, 0.15) is 0 Å². The van der Waals surface area contributed by atoms with Gasteiger partial charge in [0.15, 0.2) is 0 Å². The molecular formula is C16H29N3. The van der Waals surface area contributed by atoms with Crippen molar-refractivity contribution in [1.29, 1.82) is 5.26 Å². The molecule has 1 saturated heterocycles. The highest BCUT2D eigenvalue weighted by Gasteiger charge is 2.30. The van der Waals surface area contributed by atoms with E-state index in [2.05, 4.69) is 16.3 Å². The maximum atomic E-state index is 9.37. The van der Waals surface area contributed by atoms with Gasteiger partial charge >= 0.3 is 0 Å². The Morgan fingerprint density at radius 2 is 1.89 bits per heavy atom. The van der Waals surface area contributed by atoms with Gasteiger partial charge < -0.3 is 5.32 Å². The van der Waals surface area contributed by atoms with Gasteiger partial charge in [0.05, 0.1) is 12.1 Å². The summed E-state index contributed by atoms with van der Waals surface area (Å²) in [6.07, 6.45) is 11.9. The maximum Gasteiger partial charge on any atom is 0.0980 e. The lowest BCUT2D eigenvalue weighted by Gasteiger charge is -2.40. The quantitative estimate of drug-likeness (QED) is 0.829. The first-order valence-electron chi connectivity index (χ1n) is 8.15. The van der Waals surface area contributed by atoms with Crippen LogP contribution in [0.25, 0.3) is 0 Å². The number of nitriles is 1. The molecule has 2 aliphatic rings. The van der Waals surface area contributed by atoms with Crippen molar-refractivity contribution in [3.8, 4) is 6.07 Å². The van der Waals surface area contributed by atoms with E-state index < -0.39 is 0 Å². The Hall–Kier alpha value is -0.590. The van der Waals surface area contributed by atoms with Crippen LogP contribution < -0.4 is 5.32 Å². The predicted molar refractivity (Wildman–Crippen MR) is 78.9 cm³/mol. The van der Waals surface area contributed by atoms with Gasteiger partial charge in [0.25, 0.3) is 0 Å². The van der Waals surface area contributed by atoms with E-state index in [-0.39, 0.29) is 6.04 Å². The number of nitrogens with zero attached hydrogens (tertiary/aromatic N) is 2. The lowest BCUT2D eigenvalue weighted by molar-refractivity contribution is 0.101. The Morgan fingerprint density at radius 1 is 1.16 bits per heavy atom. The van der Waals surface area contributed by atoms with Gasteiger partial charge in [-0.1, -0.05) is 32.1 Å². The Balaban J connectivity index is 1.94. The lowest BCUT2D eigenvalue weighted by Crippen LogP contribution is -2.50. The van der Waals surface area contributed by atoms with Gasteiger partial charge in [-0.05, 0) is 45.2 Å². The fourth-order valence-electron chi connectivity index (χ4n) is 3.91. The fraction of sp³-hybridized carbons (Fsp3) is 0.938. The largest absolute Gasteiger partial charge is 0.318 e. The summed E-state index contributed by atoms with van der Waals surface area (Å²) in [7, 11) is 2.04. The number of nitrogens with one attached hydrogen (secondary N) is 1. The Kier molecular flexibility index (Phi) is 6.13. The van der Waals surface area contributed by atoms with Crippen molar-refractivity contribution in [3.05, 3.63) is 0 Å². The van der Waals surface area contributed by atoms with Gasteiger partial charge in [-0.15, -0.1) is 0 Å². The average Bonchev–Trinajstić information content (AvgIpc) is 2.48. The molecule has 1 unspecified atom stereocenters. The third-order valence-electron chi connectivity index (χ3n) is 4.93. The van der Waals surface area contributed by atoms with E-state index in [1.54, 1.807) is 0 Å². The van der Waals surface area contributed by atoms with Crippen molar-refractivity contribution < 1.29 is 0 Å². The summed E-state index contributed by atoms with van der Waals surface area (Å²) < 4.78 is 0. The number of likely N-dealkylation sites (tertiary alicyclic amines) is 1. The summed E-state index contributed by atoms with van der Waals surface area (Å²) in [5.74, 6) is 0.897. The highest BCUT2D eigenvalue weighted by atomic mass is 15.2. The first kappa shape index (κ1) is 14.8. The SMILES string of the molecule is CNCC(CC1CCCCC1)N1CCCC[C@H]1C#N. The third kappa shape index (κ3) is 4.19. The monoisotopic (exact) mass is 263 g/mol. The number of likely N-dealkylation sites (N-methyl/N-ethyl adjacent to an activating group) is 1. The molecule has 1 aliphatic heterocycles. The van der Waals surface area contributed by atoms with Crippen molar-refractivity contribution in [1.82, 2.24) is 10.2 Å². The highest BCUT2D eigenvalue weighted by molar-refractivity contribution is 4.97. The van der Waals surface area contributed by atoms with Crippen molar-refractivity contribution in [2.75, 3.05) is 20.1 Å². The Bertz CT molecular complexity index is 291. The Morgan fingerprint density at radius 3 is 2.58 bits per heavy atom. The van der Waals surface area contributed by atoms with Crippen molar-refractivity contribution in [2.45, 2.75) is 69.9 Å². The molecule has 0 spiro atoms. The number of piperidine rings is 1. The van der Waals surface area contributed by atoms with Gasteiger partial charge in [-0.2, -0.15) is 5.26 Å². The minimum Gasteiger partial charge on any atom is -0.318 e. The molecule has 2 rings (SSSR count). The molecule has 19 heavy (non-hydrogen) atoms. The van der Waals surface area contributed by atoms with Crippen LogP contribution in [0.5, 0.6) is 0 Å². The van der Waals surface area contributed by atoms with Crippen LogP contribution in [0.1, 0.15) is 57.8 Å². The van der Waals surface area contributed by atoms with Crippen LogP contribution in [0, 0.1) is 17.2 Å². The second-order valence-electron chi connectivity index (χ2n) is 6.33. The molecule has 1 saturated carbocycles. The zero-order chi connectivity index (χ0) is 13.5. The van der Waals surface area contributed by atoms with E-state index in [1.807, 2.05) is 7.05 Å². The molecule has 0 bridgehead atoms. The van der Waals surface area contributed by atoms with Crippen molar-refractivity contribution in [2.24, 2.45) is 5.92 Å². The van der Waals surface area contributed by atoms with Crippen molar-refractivity contribution in [3.63, 3.8) is 0 Å². The predicted octanol–water partition coefficient (Wildman–Crippen LogP) is 2.92. The molecule has 0 aromatic heterocycles. The minimum atomic E-state index is 0.163. The first-order valence-corrected chi connectivity index (χ1v) is 8.15. The summed E-state index contributed by atoms with van der Waals surface area (Å²) in [6.45, 7) is 2.16. The molecule has 1 aliphatic carbocycles. The zero-order valence-electron chi connectivity index (χ0n) is 12.4. The normalized spacial score (nSPS) is 27.9. The molecule has 2 fully saturated rings. The molecule has 0 radical (unpaired) electrons. The van der Waals surface area contributed by atoms with Crippen LogP contribution in [0.15, 0.2) is 0 Å². The molecule has 1 N–H and O–H groups in total. The van der Waals surface area contributed by atoms with E-state index >= 15 is 0 Å². The molecule has 0 aromatic rings. The topological polar surface area (TPSA) is 39.1 Å². The average molecular weight is 263 g/mol. The second kappa shape index (κ2) is 7.87. The Labute approximate surface area is 118 Å². The summed E-state index contributed by atoms with van der Waals surface area (Å²) in [4.78, 5) is 2.49. The molecule has 3 heteroatoms. The molecule has 0 amide bonds. The molecule has 0 aromatic carbocycles. The summed E-state index contributed by atoms with van der Waals surface area (Å²) in [5.41, 5.74) is 0. The summed E-state index contributed by atoms with van der Waals surface area (Å²) >= 11 is 0. The first-order chi connectivity index (χ1) is 9.35. The second-order valence-corrected chi connectivity index (χ2v) is 6.33. The van der Waals surface area contributed by atoms with Crippen LogP contribution in [-0.4, -0.2) is 37.1 Å². The van der Waals surface area contributed by atoms with Crippen molar-refractivity contribution >= 4 is 0 Å². The number of hydrogen-bond donors (Lipinski definition) is 1. The van der Waals surface area contributed by atoms with E-state index in [1.165, 1.54) is 51.4 Å². The van der Waals surface area contributed by atoms with Gasteiger partial charge in [-0.25, -0.2) is 0 Å². The van der Waals surface area contributed by atoms with Gasteiger partial charge in [-0.3, -0.25) is 4.90 Å². The molecular weight excluding hydrogens is 234 g/mol. The smallest absolute Gasteiger partial charge is 0.0980 e. The van der Waals surface area contributed by atoms with E-state index in [4.69, 9.17) is 0 Å². The van der Waals surface area contributed by atoms with Crippen LogP contribution in [0.4, 0.5) is 0 Å². The van der Waals surface area contributed by atoms with Crippen LogP contribution >= 0.6 is 0 Å². The van der Waals surface area contributed by atoms with E-state index in [9.17, 15) is 5.26 Å². The number of rotatable bonds is 5. The molecule has 2 atom stereocenters. The summed E-state index contributed by atoms with van der Waals surface area (Å²) in [5, 5.41) is 12.7. The summed E-state index contributed by atoms with van der Waals surface area (Å²) in [6, 6.07) is 3.26. The lowest BCUT2D eigenvalue weighted by atomic mass is 9.83. The number of hydrogen-bond acceptors (Lipinski definition) is 3. The fourth-order valence-corrected chi connectivity index (χ4v) is 3.91. The van der Waals surface area contributed by atoms with Gasteiger partial charge in [0.2, 0.25) is 0 Å². The van der Waals surface area contributed by atoms with Crippen LogP contribution in [0.2, 0.25) is 0 Å². The minimum absolute atomic E-state index is 0.163. The third-order valence-corrected chi connectivity index (χ3v) is 4.93. The molecule has 108 valence electrons. The van der Waals surface area contributed by atoms with E-state index in [0.29, 0.717) is 6.04 Å². The zero-order valence-corrected chi connectivity index (χ0v) is 12.4. The molecule has 3 nitrogen and oxygen atoms in total. The van der Waals surface area contributed by atoms with Crippen LogP contribution in [-0.2, 0) is 0 Å². The standard InChI is InChI=1S/C16H29N3/c1-18-13-16(11-14-7-3-2-4-8-14)19-10-6-5-9-15(19)12-17/h14-16,18H,2-11,13H2,1H3/t15-,16?/m0/s1. The van der Waals surface area contributed by atoms with Gasteiger partial charge in [0, 0.05) is 12.6 Å². The highest BCUT2D eigenvalue weighted by Crippen LogP contribution is 2.30. The van der Waals surface area contributed by atoms with Crippen LogP contribution in [0.3, 0.4) is 0 Å². The van der Waals surface area contributed by atoms with E-state index in [0.717, 1.165) is 25.4 Å². The maximum absolute atomic E-state index is 9.37. The molecule has 1 heterocycles.